The summed E-state index contributed by atoms with van der Waals surface area (Å²) in [5.74, 6) is 0. The van der Waals surface area contributed by atoms with Crippen molar-refractivity contribution in [3.05, 3.63) is 35.4 Å². The Morgan fingerprint density at radius 2 is 1.96 bits per heavy atom. The summed E-state index contributed by atoms with van der Waals surface area (Å²) in [5, 5.41) is 22.5. The van der Waals surface area contributed by atoms with Crippen LogP contribution in [-0.4, -0.2) is 60.0 Å². The SMILES string of the molecule is OC(CNCCCN1CC[C@@H](O)C1)Cc1ccc(C(F)(F)F)cc1. The highest BCUT2D eigenvalue weighted by atomic mass is 19.4. The zero-order valence-corrected chi connectivity index (χ0v) is 13.6. The van der Waals surface area contributed by atoms with Crippen molar-refractivity contribution in [2.75, 3.05) is 32.7 Å². The van der Waals surface area contributed by atoms with Gasteiger partial charge in [-0.1, -0.05) is 12.1 Å². The molecule has 0 aromatic heterocycles. The Morgan fingerprint density at radius 1 is 1.25 bits per heavy atom. The van der Waals surface area contributed by atoms with Gasteiger partial charge in [-0.25, -0.2) is 0 Å². The van der Waals surface area contributed by atoms with Gasteiger partial charge in [0, 0.05) is 19.6 Å². The number of likely N-dealkylation sites (tertiary alicyclic amines) is 1. The molecular formula is C17H25F3N2O2. The van der Waals surface area contributed by atoms with E-state index in [9.17, 15) is 23.4 Å². The van der Waals surface area contributed by atoms with Crippen LogP contribution in [0.4, 0.5) is 13.2 Å². The summed E-state index contributed by atoms with van der Waals surface area (Å²) in [6.07, 6.45) is -3.08. The van der Waals surface area contributed by atoms with Gasteiger partial charge in [0.1, 0.15) is 0 Å². The lowest BCUT2D eigenvalue weighted by Crippen LogP contribution is -2.31. The van der Waals surface area contributed by atoms with Gasteiger partial charge in [-0.3, -0.25) is 0 Å². The number of hydrogen-bond acceptors (Lipinski definition) is 4. The lowest BCUT2D eigenvalue weighted by Gasteiger charge is -2.16. The molecule has 2 rings (SSSR count). The Bertz CT molecular complexity index is 494. The lowest BCUT2D eigenvalue weighted by molar-refractivity contribution is -0.137. The molecule has 0 saturated carbocycles. The molecule has 7 heteroatoms. The number of hydrogen-bond donors (Lipinski definition) is 3. The van der Waals surface area contributed by atoms with E-state index < -0.39 is 17.8 Å². The van der Waals surface area contributed by atoms with Crippen molar-refractivity contribution in [3.8, 4) is 0 Å². The van der Waals surface area contributed by atoms with Crippen LogP contribution in [0.1, 0.15) is 24.0 Å². The summed E-state index contributed by atoms with van der Waals surface area (Å²) in [6, 6.07) is 4.90. The van der Waals surface area contributed by atoms with Crippen molar-refractivity contribution >= 4 is 0 Å². The van der Waals surface area contributed by atoms with Crippen LogP contribution in [0.15, 0.2) is 24.3 Å². The van der Waals surface area contributed by atoms with Crippen LogP contribution < -0.4 is 5.32 Å². The van der Waals surface area contributed by atoms with Gasteiger partial charge in [0.25, 0.3) is 0 Å². The van der Waals surface area contributed by atoms with Crippen LogP contribution >= 0.6 is 0 Å². The van der Waals surface area contributed by atoms with Gasteiger partial charge < -0.3 is 20.4 Å². The fourth-order valence-electron chi connectivity index (χ4n) is 2.89. The molecule has 1 aromatic carbocycles. The Kier molecular flexibility index (Phi) is 7.03. The van der Waals surface area contributed by atoms with Gasteiger partial charge in [-0.05, 0) is 50.0 Å². The van der Waals surface area contributed by atoms with Gasteiger partial charge in [-0.15, -0.1) is 0 Å². The minimum Gasteiger partial charge on any atom is -0.392 e. The number of alkyl halides is 3. The molecule has 1 aromatic rings. The molecule has 0 aliphatic carbocycles. The van der Waals surface area contributed by atoms with Crippen LogP contribution in [0.5, 0.6) is 0 Å². The van der Waals surface area contributed by atoms with Gasteiger partial charge in [0.15, 0.2) is 0 Å². The second kappa shape index (κ2) is 8.80. The number of rotatable bonds is 8. The standard InChI is InChI=1S/C17H25F3N2O2/c18-17(19,20)14-4-2-13(3-5-14)10-16(24)11-21-7-1-8-22-9-6-15(23)12-22/h2-5,15-16,21,23-24H,1,6-12H2/t15-,16?/m1/s1. The van der Waals surface area contributed by atoms with Gasteiger partial charge in [0.05, 0.1) is 17.8 Å². The third-order valence-electron chi connectivity index (χ3n) is 4.21. The highest BCUT2D eigenvalue weighted by molar-refractivity contribution is 5.25. The van der Waals surface area contributed by atoms with Crippen molar-refractivity contribution < 1.29 is 23.4 Å². The highest BCUT2D eigenvalue weighted by Gasteiger charge is 2.29. The molecule has 0 radical (unpaired) electrons. The third-order valence-corrected chi connectivity index (χ3v) is 4.21. The number of β-amino-alcohol motifs (C(OH)–C–C–N with tert-alkyl or cyclic N) is 1. The summed E-state index contributed by atoms with van der Waals surface area (Å²) >= 11 is 0. The smallest absolute Gasteiger partial charge is 0.392 e. The summed E-state index contributed by atoms with van der Waals surface area (Å²) in [7, 11) is 0. The number of halogens is 3. The minimum atomic E-state index is -4.33. The fourth-order valence-corrected chi connectivity index (χ4v) is 2.89. The van der Waals surface area contributed by atoms with Crippen molar-refractivity contribution in [2.24, 2.45) is 0 Å². The number of nitrogens with one attached hydrogen (secondary N) is 1. The predicted octanol–water partition coefficient (Wildman–Crippen LogP) is 1.66. The molecule has 3 N–H and O–H groups in total. The number of aliphatic hydroxyl groups is 2. The van der Waals surface area contributed by atoms with Crippen molar-refractivity contribution in [1.29, 1.82) is 0 Å². The van der Waals surface area contributed by atoms with E-state index in [-0.39, 0.29) is 6.10 Å². The summed E-state index contributed by atoms with van der Waals surface area (Å²) in [5.41, 5.74) is 0.00857. The molecule has 1 unspecified atom stereocenters. The molecular weight excluding hydrogens is 321 g/mol. The Hall–Kier alpha value is -1.15. The molecule has 2 atom stereocenters. The third kappa shape index (κ3) is 6.39. The maximum absolute atomic E-state index is 12.5. The minimum absolute atomic E-state index is 0.205. The first kappa shape index (κ1) is 19.2. The molecule has 0 bridgehead atoms. The molecule has 24 heavy (non-hydrogen) atoms. The molecule has 0 spiro atoms. The molecule has 1 aliphatic rings. The van der Waals surface area contributed by atoms with Gasteiger partial charge >= 0.3 is 6.18 Å². The summed E-state index contributed by atoms with van der Waals surface area (Å²) in [4.78, 5) is 2.21. The second-order valence-corrected chi connectivity index (χ2v) is 6.35. The van der Waals surface area contributed by atoms with E-state index >= 15 is 0 Å². The number of aliphatic hydroxyl groups excluding tert-OH is 2. The topological polar surface area (TPSA) is 55.7 Å². The van der Waals surface area contributed by atoms with Gasteiger partial charge in [0.2, 0.25) is 0 Å². The first-order chi connectivity index (χ1) is 11.3. The molecule has 1 saturated heterocycles. The van der Waals surface area contributed by atoms with Crippen LogP contribution in [0.25, 0.3) is 0 Å². The molecule has 0 amide bonds. The van der Waals surface area contributed by atoms with Crippen molar-refractivity contribution in [3.63, 3.8) is 0 Å². The highest BCUT2D eigenvalue weighted by Crippen LogP contribution is 2.29. The second-order valence-electron chi connectivity index (χ2n) is 6.35. The molecule has 1 aliphatic heterocycles. The van der Waals surface area contributed by atoms with E-state index in [0.29, 0.717) is 18.5 Å². The molecule has 1 heterocycles. The molecule has 136 valence electrons. The van der Waals surface area contributed by atoms with Crippen molar-refractivity contribution in [2.45, 2.75) is 37.6 Å². The van der Waals surface area contributed by atoms with Crippen LogP contribution in [-0.2, 0) is 12.6 Å². The largest absolute Gasteiger partial charge is 0.416 e. The van der Waals surface area contributed by atoms with E-state index in [2.05, 4.69) is 10.2 Å². The fraction of sp³-hybridized carbons (Fsp3) is 0.647. The zero-order valence-electron chi connectivity index (χ0n) is 13.6. The number of benzene rings is 1. The van der Waals surface area contributed by atoms with Crippen molar-refractivity contribution in [1.82, 2.24) is 10.2 Å². The van der Waals surface area contributed by atoms with E-state index in [0.717, 1.165) is 51.2 Å². The Labute approximate surface area is 140 Å². The quantitative estimate of drug-likeness (QED) is 0.627. The van der Waals surface area contributed by atoms with E-state index in [4.69, 9.17) is 0 Å². The van der Waals surface area contributed by atoms with Crippen LogP contribution in [0, 0.1) is 0 Å². The van der Waals surface area contributed by atoms with Crippen LogP contribution in [0.2, 0.25) is 0 Å². The zero-order chi connectivity index (χ0) is 17.6. The normalized spacial score (nSPS) is 20.5. The summed E-state index contributed by atoms with van der Waals surface area (Å²) in [6.45, 7) is 3.74. The van der Waals surface area contributed by atoms with Crippen LogP contribution in [0.3, 0.4) is 0 Å². The first-order valence-electron chi connectivity index (χ1n) is 8.30. The molecule has 4 nitrogen and oxygen atoms in total. The monoisotopic (exact) mass is 346 g/mol. The average molecular weight is 346 g/mol. The summed E-state index contributed by atoms with van der Waals surface area (Å²) < 4.78 is 37.4. The van der Waals surface area contributed by atoms with E-state index in [1.165, 1.54) is 12.1 Å². The number of nitrogens with zero attached hydrogens (tertiary/aromatic N) is 1. The van der Waals surface area contributed by atoms with E-state index in [1.807, 2.05) is 0 Å². The van der Waals surface area contributed by atoms with Gasteiger partial charge in [-0.2, -0.15) is 13.2 Å². The maximum Gasteiger partial charge on any atom is 0.416 e. The Morgan fingerprint density at radius 3 is 2.54 bits per heavy atom. The van der Waals surface area contributed by atoms with E-state index in [1.54, 1.807) is 0 Å². The molecule has 1 fully saturated rings. The predicted molar refractivity (Wildman–Crippen MR) is 85.7 cm³/mol. The first-order valence-corrected chi connectivity index (χ1v) is 8.30. The lowest BCUT2D eigenvalue weighted by atomic mass is 10.1. The average Bonchev–Trinajstić information content (AvgIpc) is 2.92. The Balaban J connectivity index is 1.60. The maximum atomic E-state index is 12.5.